The minimum atomic E-state index is 0.475. The minimum absolute atomic E-state index is 0.475. The van der Waals surface area contributed by atoms with E-state index in [4.69, 9.17) is 14.2 Å². The molecule has 0 saturated carbocycles. The fourth-order valence-electron chi connectivity index (χ4n) is 3.39. The van der Waals surface area contributed by atoms with Crippen LogP contribution in [-0.4, -0.2) is 76.5 Å². The van der Waals surface area contributed by atoms with E-state index in [9.17, 15) is 0 Å². The van der Waals surface area contributed by atoms with E-state index >= 15 is 0 Å². The summed E-state index contributed by atoms with van der Waals surface area (Å²) in [7, 11) is 5.16. The lowest BCUT2D eigenvalue weighted by Gasteiger charge is -2.37. The molecule has 2 aromatic rings. The molecule has 0 unspecified atom stereocenters. The van der Waals surface area contributed by atoms with Gasteiger partial charge in [-0.1, -0.05) is 6.07 Å². The third-order valence-corrected chi connectivity index (χ3v) is 5.04. The topological polar surface area (TPSA) is 71.5 Å². The summed E-state index contributed by atoms with van der Waals surface area (Å²) in [5.74, 6) is 2.39. The van der Waals surface area contributed by atoms with Crippen molar-refractivity contribution in [3.63, 3.8) is 0 Å². The number of pyridine rings is 1. The smallest absolute Gasteiger partial charge is 0.218 e. The van der Waals surface area contributed by atoms with E-state index in [-0.39, 0.29) is 0 Å². The number of guanidine groups is 1. The molecule has 0 bridgehead atoms. The molecule has 1 aliphatic heterocycles. The number of aromatic nitrogens is 1. The van der Waals surface area contributed by atoms with Crippen molar-refractivity contribution in [3.05, 3.63) is 48.2 Å². The van der Waals surface area contributed by atoms with Gasteiger partial charge in [0, 0.05) is 64.3 Å². The van der Waals surface area contributed by atoms with E-state index in [1.807, 2.05) is 31.3 Å². The van der Waals surface area contributed by atoms with E-state index in [1.54, 1.807) is 20.4 Å². The first kappa shape index (κ1) is 21.7. The zero-order valence-corrected chi connectivity index (χ0v) is 18.0. The monoisotopic (exact) mass is 413 g/mol. The van der Waals surface area contributed by atoms with Crippen LogP contribution in [0.25, 0.3) is 0 Å². The number of hydrogen-bond donors (Lipinski definition) is 1. The fraction of sp³-hybridized carbons (Fsp3) is 0.455. The number of ether oxygens (including phenoxy) is 3. The molecule has 0 spiro atoms. The van der Waals surface area contributed by atoms with Gasteiger partial charge in [-0.3, -0.25) is 4.99 Å². The van der Waals surface area contributed by atoms with Crippen molar-refractivity contribution >= 4 is 11.6 Å². The Labute approximate surface area is 178 Å². The highest BCUT2D eigenvalue weighted by molar-refractivity contribution is 5.80. The van der Waals surface area contributed by atoms with Gasteiger partial charge in [0.05, 0.1) is 13.7 Å². The zero-order chi connectivity index (χ0) is 21.2. The van der Waals surface area contributed by atoms with Crippen molar-refractivity contribution in [1.82, 2.24) is 15.2 Å². The van der Waals surface area contributed by atoms with Gasteiger partial charge in [0.15, 0.2) is 5.96 Å². The Morgan fingerprint density at radius 1 is 1.07 bits per heavy atom. The van der Waals surface area contributed by atoms with Gasteiger partial charge >= 0.3 is 0 Å². The number of rotatable bonds is 8. The van der Waals surface area contributed by atoms with Gasteiger partial charge in [-0.05, 0) is 30.3 Å². The Balaban J connectivity index is 1.53. The SMILES string of the molecule is CN=C(NCc1cccnc1OCCOC)N1CCN(c2ccc(OC)cc2)CC1. The van der Waals surface area contributed by atoms with Gasteiger partial charge in [0.2, 0.25) is 5.88 Å². The first-order valence-corrected chi connectivity index (χ1v) is 10.2. The predicted octanol–water partition coefficient (Wildman–Crippen LogP) is 2.01. The molecule has 1 aliphatic rings. The lowest BCUT2D eigenvalue weighted by Crippen LogP contribution is -2.52. The van der Waals surface area contributed by atoms with Crippen LogP contribution in [0.2, 0.25) is 0 Å². The minimum Gasteiger partial charge on any atom is -0.497 e. The van der Waals surface area contributed by atoms with E-state index in [0.717, 1.165) is 43.5 Å². The van der Waals surface area contributed by atoms with Crippen LogP contribution in [-0.2, 0) is 11.3 Å². The van der Waals surface area contributed by atoms with Crippen molar-refractivity contribution in [2.45, 2.75) is 6.54 Å². The molecule has 1 fully saturated rings. The second-order valence-electron chi connectivity index (χ2n) is 6.88. The number of nitrogens with one attached hydrogen (secondary N) is 1. The van der Waals surface area contributed by atoms with Crippen LogP contribution in [0.3, 0.4) is 0 Å². The highest BCUT2D eigenvalue weighted by atomic mass is 16.5. The number of anilines is 1. The summed E-state index contributed by atoms with van der Waals surface area (Å²) in [6.45, 7) is 5.27. The van der Waals surface area contributed by atoms with Crippen molar-refractivity contribution in [2.75, 3.05) is 65.6 Å². The summed E-state index contributed by atoms with van der Waals surface area (Å²) >= 11 is 0. The number of nitrogens with zero attached hydrogens (tertiary/aromatic N) is 4. The maximum atomic E-state index is 5.72. The number of hydrogen-bond acceptors (Lipinski definition) is 6. The van der Waals surface area contributed by atoms with Crippen LogP contribution in [0.5, 0.6) is 11.6 Å². The summed E-state index contributed by atoms with van der Waals surface area (Å²) < 4.78 is 16.0. The Morgan fingerprint density at radius 2 is 1.83 bits per heavy atom. The van der Waals surface area contributed by atoms with Gasteiger partial charge < -0.3 is 29.3 Å². The maximum absolute atomic E-state index is 5.72. The molecule has 3 rings (SSSR count). The molecule has 1 N–H and O–H groups in total. The standard InChI is InChI=1S/C22H31N5O3/c1-23-22(25-17-18-5-4-10-24-21(18)30-16-15-28-2)27-13-11-26(12-14-27)19-6-8-20(29-3)9-7-19/h4-10H,11-17H2,1-3H3,(H,23,25). The molecule has 1 aromatic heterocycles. The average molecular weight is 414 g/mol. The van der Waals surface area contributed by atoms with Crippen LogP contribution < -0.4 is 19.7 Å². The molecule has 8 nitrogen and oxygen atoms in total. The Morgan fingerprint density at radius 3 is 2.50 bits per heavy atom. The molecule has 2 heterocycles. The molecule has 0 radical (unpaired) electrons. The normalized spacial score (nSPS) is 14.6. The molecule has 1 aromatic carbocycles. The molecule has 8 heteroatoms. The second kappa shape index (κ2) is 11.3. The molecule has 0 atom stereocenters. The average Bonchev–Trinajstić information content (AvgIpc) is 2.81. The van der Waals surface area contributed by atoms with E-state index in [1.165, 1.54) is 5.69 Å². The predicted molar refractivity (Wildman–Crippen MR) is 119 cm³/mol. The number of aliphatic imine (C=N–C) groups is 1. The summed E-state index contributed by atoms with van der Waals surface area (Å²) in [6.07, 6.45) is 1.73. The lowest BCUT2D eigenvalue weighted by atomic mass is 10.2. The van der Waals surface area contributed by atoms with Gasteiger partial charge in [0.25, 0.3) is 0 Å². The van der Waals surface area contributed by atoms with Crippen LogP contribution in [0.4, 0.5) is 5.69 Å². The van der Waals surface area contributed by atoms with Gasteiger partial charge in [-0.2, -0.15) is 0 Å². The quantitative estimate of drug-likeness (QED) is 0.403. The summed E-state index contributed by atoms with van der Waals surface area (Å²) in [5, 5.41) is 3.45. The summed E-state index contributed by atoms with van der Waals surface area (Å²) in [6, 6.07) is 12.1. The Bertz CT molecular complexity index is 805. The highest BCUT2D eigenvalue weighted by Gasteiger charge is 2.20. The highest BCUT2D eigenvalue weighted by Crippen LogP contribution is 2.20. The molecule has 30 heavy (non-hydrogen) atoms. The first-order chi connectivity index (χ1) is 14.7. The van der Waals surface area contributed by atoms with Crippen molar-refractivity contribution in [2.24, 2.45) is 4.99 Å². The molecule has 0 amide bonds. The second-order valence-corrected chi connectivity index (χ2v) is 6.88. The first-order valence-electron chi connectivity index (χ1n) is 10.2. The van der Waals surface area contributed by atoms with Crippen LogP contribution >= 0.6 is 0 Å². The third kappa shape index (κ3) is 5.76. The van der Waals surface area contributed by atoms with E-state index in [2.05, 4.69) is 37.2 Å². The van der Waals surface area contributed by atoms with Crippen molar-refractivity contribution in [3.8, 4) is 11.6 Å². The zero-order valence-electron chi connectivity index (χ0n) is 18.0. The van der Waals surface area contributed by atoms with Gasteiger partial charge in [0.1, 0.15) is 12.4 Å². The molecule has 0 aliphatic carbocycles. The van der Waals surface area contributed by atoms with Crippen LogP contribution in [0.1, 0.15) is 5.56 Å². The van der Waals surface area contributed by atoms with Crippen LogP contribution in [0, 0.1) is 0 Å². The molecular weight excluding hydrogens is 382 g/mol. The number of benzene rings is 1. The van der Waals surface area contributed by atoms with Crippen molar-refractivity contribution < 1.29 is 14.2 Å². The summed E-state index contributed by atoms with van der Waals surface area (Å²) in [5.41, 5.74) is 2.21. The number of methoxy groups -OCH3 is 2. The maximum Gasteiger partial charge on any atom is 0.218 e. The van der Waals surface area contributed by atoms with Gasteiger partial charge in [-0.25, -0.2) is 4.98 Å². The Kier molecular flexibility index (Phi) is 8.14. The Hall–Kier alpha value is -3.00. The molecule has 162 valence electrons. The molecule has 1 saturated heterocycles. The van der Waals surface area contributed by atoms with E-state index < -0.39 is 0 Å². The number of piperazine rings is 1. The van der Waals surface area contributed by atoms with Crippen molar-refractivity contribution in [1.29, 1.82) is 0 Å². The lowest BCUT2D eigenvalue weighted by molar-refractivity contribution is 0.143. The van der Waals surface area contributed by atoms with Gasteiger partial charge in [-0.15, -0.1) is 0 Å². The van der Waals surface area contributed by atoms with E-state index in [0.29, 0.717) is 25.6 Å². The fourth-order valence-corrected chi connectivity index (χ4v) is 3.39. The molecular formula is C22H31N5O3. The third-order valence-electron chi connectivity index (χ3n) is 5.04. The van der Waals surface area contributed by atoms with Crippen LogP contribution in [0.15, 0.2) is 47.6 Å². The summed E-state index contributed by atoms with van der Waals surface area (Å²) in [4.78, 5) is 13.5. The largest absolute Gasteiger partial charge is 0.497 e.